The van der Waals surface area contributed by atoms with Crippen LogP contribution in [0.1, 0.15) is 56.8 Å². The molecule has 0 aromatic carbocycles. The molecule has 1 aliphatic heterocycles. The third kappa shape index (κ3) is 4.84. The van der Waals surface area contributed by atoms with Crippen LogP contribution in [-0.4, -0.2) is 51.2 Å². The number of thioether (sulfide) groups is 1. The summed E-state index contributed by atoms with van der Waals surface area (Å²) >= 11 is 1.26. The molecule has 2 rings (SSSR count). The number of ether oxygens (including phenoxy) is 1. The Balaban J connectivity index is 2.04. The van der Waals surface area contributed by atoms with Gasteiger partial charge in [0, 0.05) is 18.8 Å². The zero-order valence-electron chi connectivity index (χ0n) is 15.0. The van der Waals surface area contributed by atoms with E-state index in [1.54, 1.807) is 6.92 Å². The normalized spacial score (nSPS) is 18.7. The van der Waals surface area contributed by atoms with Crippen LogP contribution in [0.5, 0.6) is 0 Å². The van der Waals surface area contributed by atoms with Gasteiger partial charge in [-0.25, -0.2) is 14.8 Å². The van der Waals surface area contributed by atoms with Crippen molar-refractivity contribution < 1.29 is 14.3 Å². The number of aromatic nitrogens is 2. The maximum absolute atomic E-state index is 12.8. The molecule has 1 aliphatic rings. The van der Waals surface area contributed by atoms with Gasteiger partial charge in [-0.2, -0.15) is 0 Å². The number of nitrogens with zero attached hydrogens (tertiary/aromatic N) is 3. The van der Waals surface area contributed by atoms with Crippen molar-refractivity contribution in [2.24, 2.45) is 0 Å². The van der Waals surface area contributed by atoms with E-state index in [4.69, 9.17) is 10.5 Å². The second-order valence-corrected chi connectivity index (χ2v) is 7.33. The quantitative estimate of drug-likeness (QED) is 0.469. The highest BCUT2D eigenvalue weighted by Gasteiger charge is 2.29. The van der Waals surface area contributed by atoms with Crippen molar-refractivity contribution in [1.82, 2.24) is 14.9 Å². The Morgan fingerprint density at radius 2 is 2.20 bits per heavy atom. The number of piperidine rings is 1. The van der Waals surface area contributed by atoms with Crippen molar-refractivity contribution in [2.45, 2.75) is 62.9 Å². The molecule has 138 valence electrons. The van der Waals surface area contributed by atoms with E-state index >= 15 is 0 Å². The van der Waals surface area contributed by atoms with Crippen LogP contribution in [0.3, 0.4) is 0 Å². The number of nitrogens with two attached hydrogens (primary N) is 1. The molecule has 1 aromatic heterocycles. The number of hydrogen-bond acceptors (Lipinski definition) is 7. The van der Waals surface area contributed by atoms with Gasteiger partial charge in [-0.3, -0.25) is 4.79 Å². The van der Waals surface area contributed by atoms with Crippen molar-refractivity contribution in [3.05, 3.63) is 11.8 Å². The summed E-state index contributed by atoms with van der Waals surface area (Å²) in [7, 11) is 0. The third-order valence-corrected chi connectivity index (χ3v) is 5.27. The Morgan fingerprint density at radius 3 is 2.84 bits per heavy atom. The van der Waals surface area contributed by atoms with E-state index in [-0.39, 0.29) is 29.1 Å². The number of anilines is 1. The Hall–Kier alpha value is -1.83. The molecule has 0 unspecified atom stereocenters. The van der Waals surface area contributed by atoms with Gasteiger partial charge in [0.05, 0.1) is 11.9 Å². The monoisotopic (exact) mass is 366 g/mol. The van der Waals surface area contributed by atoms with Crippen LogP contribution in [-0.2, 0) is 9.53 Å². The van der Waals surface area contributed by atoms with Crippen molar-refractivity contribution in [3.8, 4) is 0 Å². The molecular formula is C17H26N4O3S. The summed E-state index contributed by atoms with van der Waals surface area (Å²) in [5.41, 5.74) is 5.98. The molecule has 7 nitrogen and oxygen atoms in total. The number of esters is 1. The maximum Gasteiger partial charge on any atom is 0.343 e. The number of rotatable bonds is 6. The first-order valence-electron chi connectivity index (χ1n) is 8.74. The van der Waals surface area contributed by atoms with Crippen LogP contribution in [0, 0.1) is 0 Å². The molecule has 0 saturated carbocycles. The van der Waals surface area contributed by atoms with Crippen molar-refractivity contribution >= 4 is 29.5 Å². The first kappa shape index (κ1) is 19.5. The molecule has 25 heavy (non-hydrogen) atoms. The lowest BCUT2D eigenvalue weighted by Gasteiger charge is -2.36. The predicted octanol–water partition coefficient (Wildman–Crippen LogP) is 2.51. The van der Waals surface area contributed by atoms with Crippen LogP contribution in [0.2, 0.25) is 0 Å². The molecule has 1 saturated heterocycles. The van der Waals surface area contributed by atoms with Crippen molar-refractivity contribution in [1.29, 1.82) is 0 Å². The standard InChI is InChI=1S/C17H26N4O3S/c1-4-12-8-6-7-9-21(12)15(22)11(3)25-17-19-10-13(14(18)20-17)16(23)24-5-2/h10-12H,4-9H2,1-3H3,(H2,18,19,20)/t11-,12+/m0/s1. The molecule has 0 spiro atoms. The second kappa shape index (κ2) is 9.03. The van der Waals surface area contributed by atoms with Gasteiger partial charge in [0.15, 0.2) is 5.16 Å². The molecule has 2 N–H and O–H groups in total. The zero-order valence-corrected chi connectivity index (χ0v) is 15.8. The fraction of sp³-hybridized carbons (Fsp3) is 0.647. The number of carbonyl (C=O) groups excluding carboxylic acids is 2. The minimum absolute atomic E-state index is 0.0695. The van der Waals surface area contributed by atoms with Gasteiger partial charge in [0.2, 0.25) is 5.91 Å². The smallest absolute Gasteiger partial charge is 0.343 e. The van der Waals surface area contributed by atoms with E-state index in [9.17, 15) is 9.59 Å². The van der Waals surface area contributed by atoms with Gasteiger partial charge in [-0.15, -0.1) is 0 Å². The lowest BCUT2D eigenvalue weighted by molar-refractivity contribution is -0.134. The number of carbonyl (C=O) groups is 2. The number of nitrogen functional groups attached to an aromatic ring is 1. The van der Waals surface area contributed by atoms with Crippen LogP contribution >= 0.6 is 11.8 Å². The summed E-state index contributed by atoms with van der Waals surface area (Å²) in [6.07, 6.45) is 5.63. The highest BCUT2D eigenvalue weighted by atomic mass is 32.2. The Kier molecular flexibility index (Phi) is 7.04. The van der Waals surface area contributed by atoms with Gasteiger partial charge in [0.1, 0.15) is 11.4 Å². The van der Waals surface area contributed by atoms with E-state index in [2.05, 4.69) is 16.9 Å². The second-order valence-electron chi connectivity index (χ2n) is 6.02. The van der Waals surface area contributed by atoms with Crippen LogP contribution in [0.4, 0.5) is 5.82 Å². The molecule has 0 aliphatic carbocycles. The van der Waals surface area contributed by atoms with Gasteiger partial charge in [-0.05, 0) is 39.5 Å². The number of hydrogen-bond donors (Lipinski definition) is 1. The molecule has 1 fully saturated rings. The molecule has 2 atom stereocenters. The lowest BCUT2D eigenvalue weighted by Crippen LogP contribution is -2.46. The molecule has 1 amide bonds. The van der Waals surface area contributed by atoms with E-state index in [0.717, 1.165) is 25.8 Å². The van der Waals surface area contributed by atoms with Crippen molar-refractivity contribution in [3.63, 3.8) is 0 Å². The summed E-state index contributed by atoms with van der Waals surface area (Å²) in [6, 6.07) is 0.321. The fourth-order valence-corrected chi connectivity index (χ4v) is 3.78. The third-order valence-electron chi connectivity index (χ3n) is 4.30. The average Bonchev–Trinajstić information content (AvgIpc) is 2.61. The minimum atomic E-state index is -0.542. The van der Waals surface area contributed by atoms with Gasteiger partial charge >= 0.3 is 5.97 Å². The molecular weight excluding hydrogens is 340 g/mol. The lowest BCUT2D eigenvalue weighted by atomic mass is 10.00. The zero-order chi connectivity index (χ0) is 18.4. The van der Waals surface area contributed by atoms with Gasteiger partial charge in [-0.1, -0.05) is 18.7 Å². The van der Waals surface area contributed by atoms with Gasteiger partial charge in [0.25, 0.3) is 0 Å². The van der Waals surface area contributed by atoms with Crippen LogP contribution in [0.25, 0.3) is 0 Å². The Labute approximate surface area is 152 Å². The summed E-state index contributed by atoms with van der Waals surface area (Å²) in [4.78, 5) is 34.8. The molecule has 1 aromatic rings. The molecule has 0 radical (unpaired) electrons. The predicted molar refractivity (Wildman–Crippen MR) is 97.4 cm³/mol. The van der Waals surface area contributed by atoms with Crippen LogP contribution < -0.4 is 5.73 Å². The van der Waals surface area contributed by atoms with Crippen molar-refractivity contribution in [2.75, 3.05) is 18.9 Å². The minimum Gasteiger partial charge on any atom is -0.462 e. The Morgan fingerprint density at radius 1 is 1.44 bits per heavy atom. The van der Waals surface area contributed by atoms with E-state index in [1.165, 1.54) is 24.4 Å². The number of amides is 1. The fourth-order valence-electron chi connectivity index (χ4n) is 2.96. The summed E-state index contributed by atoms with van der Waals surface area (Å²) in [5, 5.41) is 0.0800. The maximum atomic E-state index is 12.8. The first-order chi connectivity index (χ1) is 12.0. The topological polar surface area (TPSA) is 98.4 Å². The highest BCUT2D eigenvalue weighted by molar-refractivity contribution is 8.00. The van der Waals surface area contributed by atoms with E-state index in [1.807, 2.05) is 11.8 Å². The Bertz CT molecular complexity index is 626. The largest absolute Gasteiger partial charge is 0.462 e. The molecule has 8 heteroatoms. The molecule has 2 heterocycles. The SMILES string of the molecule is CCOC(=O)c1cnc(S[C@@H](C)C(=O)N2CCCC[C@H]2CC)nc1N. The average molecular weight is 366 g/mol. The highest BCUT2D eigenvalue weighted by Crippen LogP contribution is 2.26. The van der Waals surface area contributed by atoms with E-state index < -0.39 is 5.97 Å². The summed E-state index contributed by atoms with van der Waals surface area (Å²) < 4.78 is 4.90. The molecule has 0 bridgehead atoms. The first-order valence-corrected chi connectivity index (χ1v) is 9.62. The van der Waals surface area contributed by atoms with Gasteiger partial charge < -0.3 is 15.4 Å². The van der Waals surface area contributed by atoms with Crippen LogP contribution in [0.15, 0.2) is 11.4 Å². The van der Waals surface area contributed by atoms with E-state index in [0.29, 0.717) is 11.2 Å². The number of likely N-dealkylation sites (tertiary alicyclic amines) is 1. The summed E-state index contributed by atoms with van der Waals surface area (Å²) in [5.74, 6) is -0.368. The summed E-state index contributed by atoms with van der Waals surface area (Å²) in [6.45, 7) is 6.76.